The van der Waals surface area contributed by atoms with E-state index in [0.29, 0.717) is 53.1 Å². The van der Waals surface area contributed by atoms with Crippen molar-refractivity contribution in [3.63, 3.8) is 0 Å². The number of fused-ring (bicyclic) bond motifs is 1. The van der Waals surface area contributed by atoms with Gasteiger partial charge in [0.25, 0.3) is 5.91 Å². The predicted molar refractivity (Wildman–Crippen MR) is 146 cm³/mol. The molecule has 39 heavy (non-hydrogen) atoms. The van der Waals surface area contributed by atoms with Gasteiger partial charge >= 0.3 is 0 Å². The molecule has 0 aliphatic carbocycles. The van der Waals surface area contributed by atoms with Crippen molar-refractivity contribution >= 4 is 29.4 Å². The highest BCUT2D eigenvalue weighted by molar-refractivity contribution is 6.33. The number of anilines is 1. The van der Waals surface area contributed by atoms with Crippen LogP contribution in [0.15, 0.2) is 48.7 Å². The molecule has 1 fully saturated rings. The number of aliphatic hydroxyl groups excluding tert-OH is 1. The van der Waals surface area contributed by atoms with Gasteiger partial charge in [-0.3, -0.25) is 9.59 Å². The number of benzene rings is 2. The van der Waals surface area contributed by atoms with E-state index < -0.39 is 6.10 Å². The van der Waals surface area contributed by atoms with Crippen LogP contribution in [0.4, 0.5) is 5.95 Å². The summed E-state index contributed by atoms with van der Waals surface area (Å²) in [5.41, 5.74) is 3.36. The summed E-state index contributed by atoms with van der Waals surface area (Å²) < 4.78 is 10.5. The van der Waals surface area contributed by atoms with Crippen LogP contribution >= 0.6 is 11.6 Å². The third-order valence-corrected chi connectivity index (χ3v) is 7.23. The van der Waals surface area contributed by atoms with Crippen LogP contribution in [-0.2, 0) is 16.1 Å². The zero-order valence-electron chi connectivity index (χ0n) is 21.7. The number of ether oxygens (including phenoxy) is 2. The van der Waals surface area contributed by atoms with E-state index in [0.717, 1.165) is 11.1 Å². The second kappa shape index (κ2) is 11.6. The summed E-state index contributed by atoms with van der Waals surface area (Å²) in [6.45, 7) is 2.95. The van der Waals surface area contributed by atoms with E-state index in [-0.39, 0.29) is 37.0 Å². The number of carbonyl (C=O) groups is 2. The third kappa shape index (κ3) is 5.98. The van der Waals surface area contributed by atoms with Gasteiger partial charge in [0.1, 0.15) is 12.3 Å². The maximum Gasteiger partial charge on any atom is 0.254 e. The average molecular weight is 552 g/mol. The largest absolute Gasteiger partial charge is 0.497 e. The Bertz CT molecular complexity index is 1390. The Morgan fingerprint density at radius 1 is 1.31 bits per heavy atom. The van der Waals surface area contributed by atoms with Gasteiger partial charge in [-0.25, -0.2) is 9.97 Å². The van der Waals surface area contributed by atoms with Crippen molar-refractivity contribution in [1.29, 1.82) is 0 Å². The molecule has 0 unspecified atom stereocenters. The standard InChI is InChI=1S/C28H30ClN5O5/c1-16(17-4-3-5-20(10-17)38-2)31-25(36)14-34-13-19-7-6-18(11-21(19)27(34)37)26-22(29)12-30-28(33-26)32-23-8-9-39-15-24(23)35/h3-7,10-12,16,23-24,35H,8-9,13-15H2,1-2H3,(H,31,36)(H,30,32,33)/t16-,23+,24+/m1/s1. The molecule has 2 aromatic carbocycles. The molecule has 11 heteroatoms. The molecule has 1 aromatic heterocycles. The average Bonchev–Trinajstić information content (AvgIpc) is 3.25. The fourth-order valence-corrected chi connectivity index (χ4v) is 4.99. The summed E-state index contributed by atoms with van der Waals surface area (Å²) in [4.78, 5) is 36.3. The summed E-state index contributed by atoms with van der Waals surface area (Å²) in [6, 6.07) is 12.5. The zero-order valence-corrected chi connectivity index (χ0v) is 22.4. The number of methoxy groups -OCH3 is 1. The van der Waals surface area contributed by atoms with Crippen molar-refractivity contribution in [2.45, 2.75) is 38.1 Å². The summed E-state index contributed by atoms with van der Waals surface area (Å²) in [7, 11) is 1.59. The zero-order chi connectivity index (χ0) is 27.5. The molecule has 3 N–H and O–H groups in total. The van der Waals surface area contributed by atoms with Crippen LogP contribution in [0.1, 0.15) is 40.9 Å². The minimum atomic E-state index is -0.666. The quantitative estimate of drug-likeness (QED) is 0.390. The smallest absolute Gasteiger partial charge is 0.254 e. The highest BCUT2D eigenvalue weighted by Crippen LogP contribution is 2.32. The maximum absolute atomic E-state index is 13.2. The number of nitrogens with zero attached hydrogens (tertiary/aromatic N) is 3. The first kappa shape index (κ1) is 26.9. The summed E-state index contributed by atoms with van der Waals surface area (Å²) in [6.07, 6.45) is 1.45. The van der Waals surface area contributed by atoms with Crippen molar-refractivity contribution in [3.8, 4) is 17.0 Å². The summed E-state index contributed by atoms with van der Waals surface area (Å²) in [5.74, 6) is 0.555. The minimum absolute atomic E-state index is 0.0626. The topological polar surface area (TPSA) is 126 Å². The molecule has 204 valence electrons. The van der Waals surface area contributed by atoms with Gasteiger partial charge < -0.3 is 30.1 Å². The first-order valence-corrected chi connectivity index (χ1v) is 13.1. The van der Waals surface area contributed by atoms with Crippen LogP contribution in [-0.4, -0.2) is 70.8 Å². The van der Waals surface area contributed by atoms with E-state index in [1.165, 1.54) is 11.1 Å². The Balaban J connectivity index is 1.27. The number of nitrogens with one attached hydrogen (secondary N) is 2. The van der Waals surface area contributed by atoms with E-state index in [1.54, 1.807) is 13.2 Å². The molecule has 2 amide bonds. The Kier molecular flexibility index (Phi) is 7.97. The lowest BCUT2D eigenvalue weighted by Crippen LogP contribution is -2.42. The van der Waals surface area contributed by atoms with Crippen LogP contribution < -0.4 is 15.4 Å². The lowest BCUT2D eigenvalue weighted by atomic mass is 10.0. The first-order valence-electron chi connectivity index (χ1n) is 12.7. The summed E-state index contributed by atoms with van der Waals surface area (Å²) in [5, 5.41) is 16.6. The van der Waals surface area contributed by atoms with Crippen LogP contribution in [0, 0.1) is 0 Å². The molecule has 3 heterocycles. The Labute approximate surface area is 231 Å². The van der Waals surface area contributed by atoms with Gasteiger partial charge in [0.2, 0.25) is 11.9 Å². The molecule has 2 aliphatic rings. The SMILES string of the molecule is COc1cccc([C@@H](C)NC(=O)CN2Cc3ccc(-c4nc(N[C@H]5CCOC[C@@H]5O)ncc4Cl)cc3C2=O)c1. The minimum Gasteiger partial charge on any atom is -0.497 e. The maximum atomic E-state index is 13.2. The third-order valence-electron chi connectivity index (χ3n) is 6.95. The molecule has 3 aromatic rings. The number of hydrogen-bond acceptors (Lipinski definition) is 8. The highest BCUT2D eigenvalue weighted by Gasteiger charge is 2.30. The van der Waals surface area contributed by atoms with Gasteiger partial charge in [-0.05, 0) is 42.7 Å². The number of aliphatic hydroxyl groups is 1. The molecule has 0 spiro atoms. The van der Waals surface area contributed by atoms with E-state index >= 15 is 0 Å². The van der Waals surface area contributed by atoms with Crippen molar-refractivity contribution in [3.05, 3.63) is 70.4 Å². The van der Waals surface area contributed by atoms with E-state index in [4.69, 9.17) is 21.1 Å². The van der Waals surface area contributed by atoms with Gasteiger partial charge in [-0.1, -0.05) is 35.9 Å². The van der Waals surface area contributed by atoms with Crippen molar-refractivity contribution in [1.82, 2.24) is 20.2 Å². The predicted octanol–water partition coefficient (Wildman–Crippen LogP) is 3.20. The van der Waals surface area contributed by atoms with Crippen molar-refractivity contribution < 1.29 is 24.2 Å². The van der Waals surface area contributed by atoms with Crippen molar-refractivity contribution in [2.75, 3.05) is 32.2 Å². The molecule has 3 atom stereocenters. The lowest BCUT2D eigenvalue weighted by molar-refractivity contribution is -0.122. The summed E-state index contributed by atoms with van der Waals surface area (Å²) >= 11 is 6.43. The first-order chi connectivity index (χ1) is 18.8. The molecule has 5 rings (SSSR count). The second-order valence-electron chi connectivity index (χ2n) is 9.67. The van der Waals surface area contributed by atoms with Crippen LogP contribution in [0.2, 0.25) is 5.02 Å². The van der Waals surface area contributed by atoms with Gasteiger partial charge in [0.05, 0.1) is 48.8 Å². The van der Waals surface area contributed by atoms with Gasteiger partial charge in [-0.15, -0.1) is 0 Å². The number of carbonyl (C=O) groups excluding carboxylic acids is 2. The van der Waals surface area contributed by atoms with E-state index in [2.05, 4.69) is 20.6 Å². The molecular formula is C28H30ClN5O5. The highest BCUT2D eigenvalue weighted by atomic mass is 35.5. The number of rotatable bonds is 8. The molecule has 1 saturated heterocycles. The monoisotopic (exact) mass is 551 g/mol. The van der Waals surface area contributed by atoms with Crippen LogP contribution in [0.5, 0.6) is 5.75 Å². The fourth-order valence-electron chi connectivity index (χ4n) is 4.79. The number of aromatic nitrogens is 2. The fraction of sp³-hybridized carbons (Fsp3) is 0.357. The van der Waals surface area contributed by atoms with Crippen LogP contribution in [0.3, 0.4) is 0 Å². The van der Waals surface area contributed by atoms with Gasteiger partial charge in [0.15, 0.2) is 0 Å². The van der Waals surface area contributed by atoms with E-state index in [1.807, 2.05) is 43.3 Å². The van der Waals surface area contributed by atoms with Crippen molar-refractivity contribution in [2.24, 2.45) is 0 Å². The molecule has 2 aliphatic heterocycles. The Hall–Kier alpha value is -3.73. The molecule has 0 radical (unpaired) electrons. The Morgan fingerprint density at radius 2 is 2.15 bits per heavy atom. The molecule has 0 bridgehead atoms. The van der Waals surface area contributed by atoms with E-state index in [9.17, 15) is 14.7 Å². The van der Waals surface area contributed by atoms with Gasteiger partial charge in [-0.2, -0.15) is 0 Å². The molecule has 0 saturated carbocycles. The lowest BCUT2D eigenvalue weighted by Gasteiger charge is -2.28. The second-order valence-corrected chi connectivity index (χ2v) is 10.1. The number of amides is 2. The number of halogens is 1. The normalized spacial score (nSPS) is 19.4. The Morgan fingerprint density at radius 3 is 2.95 bits per heavy atom. The molecule has 10 nitrogen and oxygen atoms in total. The van der Waals surface area contributed by atoms with Gasteiger partial charge in [0, 0.05) is 24.3 Å². The van der Waals surface area contributed by atoms with Crippen LogP contribution in [0.25, 0.3) is 11.3 Å². The number of hydrogen-bond donors (Lipinski definition) is 3. The molecular weight excluding hydrogens is 522 g/mol.